The first-order chi connectivity index (χ1) is 9.18. The summed E-state index contributed by atoms with van der Waals surface area (Å²) in [5.41, 5.74) is 8.47. The van der Waals surface area contributed by atoms with E-state index in [1.807, 2.05) is 30.3 Å². The highest BCUT2D eigenvalue weighted by Gasteiger charge is 2.12. The summed E-state index contributed by atoms with van der Waals surface area (Å²) in [6.45, 7) is 0.224. The van der Waals surface area contributed by atoms with E-state index in [4.69, 9.17) is 10.6 Å². The van der Waals surface area contributed by atoms with Crippen LogP contribution in [0.2, 0.25) is 0 Å². The molecule has 0 heterocycles. The molecule has 1 amide bonds. The number of hydrogen-bond acceptors (Lipinski definition) is 3. The van der Waals surface area contributed by atoms with Crippen LogP contribution in [0.1, 0.15) is 15.9 Å². The third-order valence-corrected chi connectivity index (χ3v) is 2.54. The zero-order valence-electron chi connectivity index (χ0n) is 10.1. The second kappa shape index (κ2) is 5.97. The van der Waals surface area contributed by atoms with Gasteiger partial charge in [0.2, 0.25) is 0 Å². The highest BCUT2D eigenvalue weighted by atomic mass is 19.1. The van der Waals surface area contributed by atoms with E-state index in [9.17, 15) is 9.18 Å². The van der Waals surface area contributed by atoms with Crippen LogP contribution >= 0.6 is 0 Å². The van der Waals surface area contributed by atoms with Crippen molar-refractivity contribution in [2.75, 3.05) is 5.73 Å². The molecule has 0 atom stereocenters. The monoisotopic (exact) mass is 260 g/mol. The Balaban J connectivity index is 1.93. The summed E-state index contributed by atoms with van der Waals surface area (Å²) in [5, 5.41) is 0. The van der Waals surface area contributed by atoms with Gasteiger partial charge in [-0.1, -0.05) is 36.4 Å². The number of benzene rings is 2. The Morgan fingerprint density at radius 1 is 1.16 bits per heavy atom. The third kappa shape index (κ3) is 3.29. The number of hydroxylamine groups is 1. The highest BCUT2D eigenvalue weighted by Crippen LogP contribution is 2.15. The fraction of sp³-hybridized carbons (Fsp3) is 0.0714. The maximum atomic E-state index is 13.2. The first-order valence-corrected chi connectivity index (χ1v) is 5.68. The molecule has 0 bridgehead atoms. The molecule has 2 aromatic carbocycles. The van der Waals surface area contributed by atoms with Crippen molar-refractivity contribution < 1.29 is 14.0 Å². The lowest BCUT2D eigenvalue weighted by molar-refractivity contribution is 0.0234. The first kappa shape index (κ1) is 13.0. The van der Waals surface area contributed by atoms with Gasteiger partial charge in [0.05, 0.1) is 17.9 Å². The Morgan fingerprint density at radius 3 is 2.63 bits per heavy atom. The van der Waals surface area contributed by atoms with Crippen molar-refractivity contribution in [1.82, 2.24) is 5.48 Å². The van der Waals surface area contributed by atoms with Crippen LogP contribution in [-0.2, 0) is 11.4 Å². The Morgan fingerprint density at radius 2 is 1.89 bits per heavy atom. The molecule has 0 saturated heterocycles. The zero-order valence-corrected chi connectivity index (χ0v) is 10.1. The number of anilines is 1. The minimum atomic E-state index is -0.629. The molecule has 0 saturated carbocycles. The predicted octanol–water partition coefficient (Wildman–Crippen LogP) is 2.27. The Labute approximate surface area is 110 Å². The quantitative estimate of drug-likeness (QED) is 0.654. The fourth-order valence-corrected chi connectivity index (χ4v) is 1.55. The van der Waals surface area contributed by atoms with Gasteiger partial charge in [-0.25, -0.2) is 9.87 Å². The first-order valence-electron chi connectivity index (χ1n) is 5.68. The molecule has 0 spiro atoms. The average molecular weight is 260 g/mol. The number of amides is 1. The van der Waals surface area contributed by atoms with E-state index in [0.717, 1.165) is 5.56 Å². The van der Waals surface area contributed by atoms with Gasteiger partial charge in [-0.2, -0.15) is 0 Å². The number of halogens is 1. The van der Waals surface area contributed by atoms with Gasteiger partial charge in [-0.05, 0) is 17.7 Å². The van der Waals surface area contributed by atoms with Crippen LogP contribution in [0.15, 0.2) is 48.5 Å². The van der Waals surface area contributed by atoms with Crippen molar-refractivity contribution in [3.63, 3.8) is 0 Å². The minimum Gasteiger partial charge on any atom is -0.396 e. The summed E-state index contributed by atoms with van der Waals surface area (Å²) in [5.74, 6) is -1.20. The molecule has 0 aliphatic rings. The summed E-state index contributed by atoms with van der Waals surface area (Å²) in [6.07, 6.45) is 0. The van der Waals surface area contributed by atoms with E-state index < -0.39 is 11.7 Å². The van der Waals surface area contributed by atoms with Crippen LogP contribution in [0.25, 0.3) is 0 Å². The van der Waals surface area contributed by atoms with Crippen molar-refractivity contribution in [2.45, 2.75) is 6.61 Å². The summed E-state index contributed by atoms with van der Waals surface area (Å²) < 4.78 is 13.2. The lowest BCUT2D eigenvalue weighted by Crippen LogP contribution is -2.24. The molecule has 98 valence electrons. The highest BCUT2D eigenvalue weighted by molar-refractivity contribution is 5.98. The molecular weight excluding hydrogens is 247 g/mol. The number of para-hydroxylation sites is 1. The van der Waals surface area contributed by atoms with E-state index >= 15 is 0 Å². The van der Waals surface area contributed by atoms with Gasteiger partial charge in [0.15, 0.2) is 0 Å². The lowest BCUT2D eigenvalue weighted by atomic mass is 10.1. The number of nitrogen functional groups attached to an aromatic ring is 1. The van der Waals surface area contributed by atoms with Gasteiger partial charge in [-0.3, -0.25) is 9.63 Å². The van der Waals surface area contributed by atoms with Crippen molar-refractivity contribution in [2.24, 2.45) is 0 Å². The van der Waals surface area contributed by atoms with Crippen LogP contribution in [0.5, 0.6) is 0 Å². The van der Waals surface area contributed by atoms with Crippen molar-refractivity contribution in [3.05, 3.63) is 65.5 Å². The molecule has 2 rings (SSSR count). The molecular formula is C14H13FN2O2. The molecule has 3 N–H and O–H groups in total. The van der Waals surface area contributed by atoms with Gasteiger partial charge in [0.1, 0.15) is 5.82 Å². The predicted molar refractivity (Wildman–Crippen MR) is 69.5 cm³/mol. The molecule has 2 aromatic rings. The summed E-state index contributed by atoms with van der Waals surface area (Å²) in [7, 11) is 0. The molecule has 0 aliphatic carbocycles. The smallest absolute Gasteiger partial charge is 0.277 e. The molecule has 0 fully saturated rings. The maximum absolute atomic E-state index is 13.2. The number of carbonyl (C=O) groups is 1. The number of rotatable bonds is 4. The van der Waals surface area contributed by atoms with E-state index in [0.29, 0.717) is 0 Å². The van der Waals surface area contributed by atoms with Gasteiger partial charge < -0.3 is 5.73 Å². The van der Waals surface area contributed by atoms with E-state index in [1.54, 1.807) is 0 Å². The van der Waals surface area contributed by atoms with Crippen LogP contribution in [0.4, 0.5) is 10.1 Å². The molecule has 5 heteroatoms. The van der Waals surface area contributed by atoms with Gasteiger partial charge >= 0.3 is 0 Å². The average Bonchev–Trinajstić information content (AvgIpc) is 2.43. The molecule has 0 aromatic heterocycles. The summed E-state index contributed by atoms with van der Waals surface area (Å²) >= 11 is 0. The van der Waals surface area contributed by atoms with E-state index in [1.165, 1.54) is 18.2 Å². The molecule has 4 nitrogen and oxygen atoms in total. The number of carbonyl (C=O) groups excluding carboxylic acids is 1. The van der Waals surface area contributed by atoms with Gasteiger partial charge in [0, 0.05) is 0 Å². The van der Waals surface area contributed by atoms with E-state index in [2.05, 4.69) is 5.48 Å². The molecule has 19 heavy (non-hydrogen) atoms. The Hall–Kier alpha value is -2.40. The van der Waals surface area contributed by atoms with Crippen molar-refractivity contribution in [3.8, 4) is 0 Å². The fourth-order valence-electron chi connectivity index (χ4n) is 1.55. The van der Waals surface area contributed by atoms with Crippen LogP contribution in [0.3, 0.4) is 0 Å². The lowest BCUT2D eigenvalue weighted by Gasteiger charge is -2.08. The second-order valence-corrected chi connectivity index (χ2v) is 3.91. The topological polar surface area (TPSA) is 64.4 Å². The van der Waals surface area contributed by atoms with Gasteiger partial charge in [-0.15, -0.1) is 0 Å². The molecule has 0 aliphatic heterocycles. The molecule has 0 radical (unpaired) electrons. The Bertz CT molecular complexity index is 573. The van der Waals surface area contributed by atoms with Crippen LogP contribution in [-0.4, -0.2) is 5.91 Å². The number of nitrogens with one attached hydrogen (secondary N) is 1. The Kier molecular flexibility index (Phi) is 4.10. The normalized spacial score (nSPS) is 10.2. The largest absolute Gasteiger partial charge is 0.396 e. The van der Waals surface area contributed by atoms with Crippen molar-refractivity contribution >= 4 is 11.6 Å². The third-order valence-electron chi connectivity index (χ3n) is 2.54. The number of hydrogen-bond donors (Lipinski definition) is 2. The second-order valence-electron chi connectivity index (χ2n) is 3.91. The van der Waals surface area contributed by atoms with E-state index in [-0.39, 0.29) is 17.9 Å². The standard InChI is InChI=1S/C14H13FN2O2/c15-12-8-4-7-11(13(12)16)14(18)17-19-9-10-5-2-1-3-6-10/h1-8H,9,16H2,(H,17,18). The van der Waals surface area contributed by atoms with Crippen molar-refractivity contribution in [1.29, 1.82) is 0 Å². The van der Waals surface area contributed by atoms with Crippen LogP contribution < -0.4 is 11.2 Å². The summed E-state index contributed by atoms with van der Waals surface area (Å²) in [6, 6.07) is 13.4. The van der Waals surface area contributed by atoms with Crippen LogP contribution in [0, 0.1) is 5.82 Å². The SMILES string of the molecule is Nc1c(F)cccc1C(=O)NOCc1ccccc1. The number of nitrogens with two attached hydrogens (primary N) is 1. The molecule has 0 unspecified atom stereocenters. The zero-order chi connectivity index (χ0) is 13.7. The van der Waals surface area contributed by atoms with Gasteiger partial charge in [0.25, 0.3) is 5.91 Å². The summed E-state index contributed by atoms with van der Waals surface area (Å²) in [4.78, 5) is 16.8. The minimum absolute atomic E-state index is 0.0491. The maximum Gasteiger partial charge on any atom is 0.277 e.